The zero-order valence-electron chi connectivity index (χ0n) is 10.5. The largest absolute Gasteiger partial charge is 0.325 e. The first-order valence-electron chi connectivity index (χ1n) is 5.87. The number of aromatic nitrogens is 2. The van der Waals surface area contributed by atoms with E-state index in [4.69, 9.17) is 0 Å². The molecule has 0 fully saturated rings. The van der Waals surface area contributed by atoms with Crippen molar-refractivity contribution in [3.63, 3.8) is 0 Å². The van der Waals surface area contributed by atoms with Crippen LogP contribution in [0.3, 0.4) is 0 Å². The topological polar surface area (TPSA) is 46.1 Å². The maximum atomic E-state index is 11.1. The predicted molar refractivity (Wildman–Crippen MR) is 71.3 cm³/mol. The van der Waals surface area contributed by atoms with Crippen LogP contribution in [0.15, 0.2) is 36.5 Å². The molecule has 0 saturated heterocycles. The van der Waals surface area contributed by atoms with Gasteiger partial charge in [-0.25, -0.2) is 9.97 Å². The maximum Gasteiger partial charge on any atom is 0.172 e. The molecule has 2 aromatic rings. The molecule has 18 heavy (non-hydrogen) atoms. The Labute approximate surface area is 106 Å². The number of nitrogens with zero attached hydrogens (tertiary/aromatic N) is 3. The molecular weight excluding hydrogens is 226 g/mol. The van der Waals surface area contributed by atoms with Crippen LogP contribution in [0.5, 0.6) is 0 Å². The number of anilines is 2. The summed E-state index contributed by atoms with van der Waals surface area (Å²) in [5.41, 5.74) is 2.12. The summed E-state index contributed by atoms with van der Waals surface area (Å²) in [6, 6.07) is 9.85. The molecule has 0 N–H and O–H groups in total. The number of carbonyl (C=O) groups is 1. The van der Waals surface area contributed by atoms with E-state index >= 15 is 0 Å². The van der Waals surface area contributed by atoms with Gasteiger partial charge in [0.05, 0.1) is 11.9 Å². The molecule has 4 nitrogen and oxygen atoms in total. The fourth-order valence-electron chi connectivity index (χ4n) is 1.84. The van der Waals surface area contributed by atoms with Gasteiger partial charge in [-0.05, 0) is 26.0 Å². The summed E-state index contributed by atoms with van der Waals surface area (Å²) < 4.78 is 0. The van der Waals surface area contributed by atoms with E-state index in [-0.39, 0.29) is 0 Å². The van der Waals surface area contributed by atoms with Gasteiger partial charge >= 0.3 is 0 Å². The number of carbonyl (C=O) groups excluding carboxylic acids is 1. The molecule has 92 valence electrons. The van der Waals surface area contributed by atoms with Crippen molar-refractivity contribution in [1.29, 1.82) is 0 Å². The Morgan fingerprint density at radius 2 is 2.00 bits per heavy atom. The third kappa shape index (κ3) is 2.37. The molecule has 0 aliphatic heterocycles. The lowest BCUT2D eigenvalue weighted by Gasteiger charge is -2.22. The number of hydrogen-bond donors (Lipinski definition) is 0. The van der Waals surface area contributed by atoms with E-state index in [2.05, 4.69) is 9.97 Å². The third-order valence-electron chi connectivity index (χ3n) is 2.65. The van der Waals surface area contributed by atoms with Gasteiger partial charge in [-0.15, -0.1) is 0 Å². The molecule has 0 bridgehead atoms. The number of para-hydroxylation sites is 1. The maximum absolute atomic E-state index is 11.1. The first-order chi connectivity index (χ1) is 8.76. The van der Waals surface area contributed by atoms with Gasteiger partial charge in [0.25, 0.3) is 0 Å². The molecule has 4 heteroatoms. The summed E-state index contributed by atoms with van der Waals surface area (Å²) in [6.07, 6.45) is 2.43. The highest BCUT2D eigenvalue weighted by Gasteiger charge is 2.14. The molecule has 0 saturated carbocycles. The Hall–Kier alpha value is -2.23. The van der Waals surface area contributed by atoms with E-state index in [1.807, 2.05) is 49.1 Å². The van der Waals surface area contributed by atoms with Crippen LogP contribution in [0.25, 0.3) is 0 Å². The van der Waals surface area contributed by atoms with Crippen LogP contribution in [0.2, 0.25) is 0 Å². The standard InChI is InChI=1S/C14H15N3O/c1-3-17(12-7-5-4-6-8-12)14-13(10-18)16-11(2)9-15-14/h4-10H,3H2,1-2H3. The number of aryl methyl sites for hydroxylation is 1. The molecule has 0 atom stereocenters. The lowest BCUT2D eigenvalue weighted by atomic mass is 10.2. The SMILES string of the molecule is CCN(c1ccccc1)c1ncc(C)nc1C=O. The van der Waals surface area contributed by atoms with Crippen molar-refractivity contribution in [2.45, 2.75) is 13.8 Å². The second-order valence-corrected chi connectivity index (χ2v) is 3.92. The van der Waals surface area contributed by atoms with Gasteiger partial charge < -0.3 is 4.90 Å². The fraction of sp³-hybridized carbons (Fsp3) is 0.214. The van der Waals surface area contributed by atoms with E-state index in [1.165, 1.54) is 0 Å². The van der Waals surface area contributed by atoms with Crippen molar-refractivity contribution in [3.8, 4) is 0 Å². The molecule has 0 aliphatic rings. The zero-order valence-corrected chi connectivity index (χ0v) is 10.5. The summed E-state index contributed by atoms with van der Waals surface area (Å²) in [5.74, 6) is 0.601. The van der Waals surface area contributed by atoms with E-state index in [1.54, 1.807) is 6.20 Å². The van der Waals surface area contributed by atoms with Gasteiger partial charge in [-0.1, -0.05) is 18.2 Å². The average Bonchev–Trinajstić information content (AvgIpc) is 2.42. The highest BCUT2D eigenvalue weighted by atomic mass is 16.1. The molecule has 0 amide bonds. The van der Waals surface area contributed by atoms with E-state index in [0.717, 1.165) is 24.2 Å². The number of aldehydes is 1. The van der Waals surface area contributed by atoms with Crippen LogP contribution >= 0.6 is 0 Å². The van der Waals surface area contributed by atoms with E-state index in [9.17, 15) is 4.79 Å². The van der Waals surface area contributed by atoms with Crippen LogP contribution in [-0.2, 0) is 0 Å². The molecule has 1 heterocycles. The second kappa shape index (κ2) is 5.40. The van der Waals surface area contributed by atoms with Crippen LogP contribution in [-0.4, -0.2) is 22.8 Å². The second-order valence-electron chi connectivity index (χ2n) is 3.92. The van der Waals surface area contributed by atoms with Crippen LogP contribution < -0.4 is 4.90 Å². The van der Waals surface area contributed by atoms with E-state index in [0.29, 0.717) is 11.5 Å². The van der Waals surface area contributed by atoms with Gasteiger partial charge in [-0.3, -0.25) is 4.79 Å². The Morgan fingerprint density at radius 1 is 1.28 bits per heavy atom. The van der Waals surface area contributed by atoms with Crippen molar-refractivity contribution in [2.24, 2.45) is 0 Å². The van der Waals surface area contributed by atoms with Crippen LogP contribution in [0.1, 0.15) is 23.1 Å². The molecule has 0 unspecified atom stereocenters. The van der Waals surface area contributed by atoms with Gasteiger partial charge in [-0.2, -0.15) is 0 Å². The number of hydrogen-bond acceptors (Lipinski definition) is 4. The minimum absolute atomic E-state index is 0.376. The monoisotopic (exact) mass is 241 g/mol. The molecule has 0 aliphatic carbocycles. The number of benzene rings is 1. The zero-order chi connectivity index (χ0) is 13.0. The minimum Gasteiger partial charge on any atom is -0.325 e. The van der Waals surface area contributed by atoms with Crippen molar-refractivity contribution < 1.29 is 4.79 Å². The van der Waals surface area contributed by atoms with Gasteiger partial charge in [0.15, 0.2) is 12.1 Å². The lowest BCUT2D eigenvalue weighted by molar-refractivity contribution is 0.111. The average molecular weight is 241 g/mol. The highest BCUT2D eigenvalue weighted by Crippen LogP contribution is 2.24. The summed E-state index contributed by atoms with van der Waals surface area (Å²) in [7, 11) is 0. The third-order valence-corrected chi connectivity index (χ3v) is 2.65. The molecule has 0 spiro atoms. The summed E-state index contributed by atoms with van der Waals surface area (Å²) >= 11 is 0. The van der Waals surface area contributed by atoms with Gasteiger partial charge in [0, 0.05) is 12.2 Å². The molecule has 2 rings (SSSR count). The minimum atomic E-state index is 0.376. The van der Waals surface area contributed by atoms with Crippen LogP contribution in [0.4, 0.5) is 11.5 Å². The lowest BCUT2D eigenvalue weighted by Crippen LogP contribution is -2.19. The van der Waals surface area contributed by atoms with Crippen LogP contribution in [0, 0.1) is 6.92 Å². The van der Waals surface area contributed by atoms with Gasteiger partial charge in [0.2, 0.25) is 0 Å². The fourth-order valence-corrected chi connectivity index (χ4v) is 1.84. The van der Waals surface area contributed by atoms with Gasteiger partial charge in [0.1, 0.15) is 5.69 Å². The molecule has 0 radical (unpaired) electrons. The summed E-state index contributed by atoms with van der Waals surface area (Å²) in [4.78, 5) is 21.6. The van der Waals surface area contributed by atoms with E-state index < -0.39 is 0 Å². The van der Waals surface area contributed by atoms with Crippen molar-refractivity contribution in [1.82, 2.24) is 9.97 Å². The summed E-state index contributed by atoms with van der Waals surface area (Å²) in [5, 5.41) is 0. The smallest absolute Gasteiger partial charge is 0.172 e. The first-order valence-corrected chi connectivity index (χ1v) is 5.87. The Balaban J connectivity index is 2.48. The van der Waals surface area contributed by atoms with Crippen molar-refractivity contribution in [2.75, 3.05) is 11.4 Å². The molecule has 1 aromatic carbocycles. The first kappa shape index (κ1) is 12.2. The normalized spacial score (nSPS) is 10.1. The van der Waals surface area contributed by atoms with Crippen molar-refractivity contribution in [3.05, 3.63) is 47.9 Å². The Bertz CT molecular complexity index is 540. The number of rotatable bonds is 4. The molecular formula is C14H15N3O. The Morgan fingerprint density at radius 3 is 2.61 bits per heavy atom. The predicted octanol–water partition coefficient (Wildman–Crippen LogP) is 2.76. The Kier molecular flexibility index (Phi) is 3.67. The molecule has 1 aromatic heterocycles. The quantitative estimate of drug-likeness (QED) is 0.772. The van der Waals surface area contributed by atoms with Crippen molar-refractivity contribution >= 4 is 17.8 Å². The summed E-state index contributed by atoms with van der Waals surface area (Å²) in [6.45, 7) is 4.56. The highest BCUT2D eigenvalue weighted by molar-refractivity contribution is 5.82.